The van der Waals surface area contributed by atoms with Crippen LogP contribution < -0.4 is 5.73 Å². The monoisotopic (exact) mass is 266 g/mol. The fourth-order valence-electron chi connectivity index (χ4n) is 2.05. The molecule has 0 radical (unpaired) electrons. The molecule has 1 aromatic heterocycles. The van der Waals surface area contributed by atoms with E-state index in [9.17, 15) is 8.78 Å². The Bertz CT molecular complexity index is 533. The lowest BCUT2D eigenvalue weighted by molar-refractivity contribution is 0.557. The first kappa shape index (κ1) is 13.6. The van der Waals surface area contributed by atoms with Crippen molar-refractivity contribution >= 4 is 0 Å². The normalized spacial score (nSPS) is 12.6. The van der Waals surface area contributed by atoms with E-state index in [2.05, 4.69) is 10.1 Å². The summed E-state index contributed by atoms with van der Waals surface area (Å²) in [5, 5.41) is 4.05. The van der Waals surface area contributed by atoms with Gasteiger partial charge in [0.05, 0.1) is 0 Å². The maximum absolute atomic E-state index is 13.1. The van der Waals surface area contributed by atoms with Crippen molar-refractivity contribution in [1.29, 1.82) is 0 Å². The molecule has 0 aliphatic heterocycles. The third-order valence-electron chi connectivity index (χ3n) is 2.86. The van der Waals surface area contributed by atoms with Gasteiger partial charge in [-0.3, -0.25) is 4.68 Å². The molecule has 1 unspecified atom stereocenters. The molecule has 0 saturated heterocycles. The predicted molar refractivity (Wildman–Crippen MR) is 67.4 cm³/mol. The van der Waals surface area contributed by atoms with Crippen LogP contribution in [0.25, 0.3) is 0 Å². The van der Waals surface area contributed by atoms with E-state index in [-0.39, 0.29) is 6.04 Å². The van der Waals surface area contributed by atoms with Crippen LogP contribution in [0.1, 0.15) is 18.3 Å². The topological polar surface area (TPSA) is 56.7 Å². The minimum absolute atomic E-state index is 0.254. The molecule has 2 aromatic rings. The van der Waals surface area contributed by atoms with Crippen LogP contribution >= 0.6 is 0 Å². The highest BCUT2D eigenvalue weighted by Crippen LogP contribution is 2.11. The van der Waals surface area contributed by atoms with E-state index in [0.717, 1.165) is 18.4 Å². The zero-order valence-corrected chi connectivity index (χ0v) is 10.7. The molecule has 0 spiro atoms. The van der Waals surface area contributed by atoms with Crippen LogP contribution in [0, 0.1) is 11.6 Å². The Balaban J connectivity index is 2.03. The number of hydrogen-bond donors (Lipinski definition) is 1. The maximum Gasteiger partial charge on any atom is 0.138 e. The van der Waals surface area contributed by atoms with E-state index in [0.29, 0.717) is 18.4 Å². The van der Waals surface area contributed by atoms with Gasteiger partial charge in [-0.1, -0.05) is 0 Å². The van der Waals surface area contributed by atoms with Crippen LogP contribution in [0.2, 0.25) is 0 Å². The molecule has 0 amide bonds. The summed E-state index contributed by atoms with van der Waals surface area (Å²) < 4.78 is 27.9. The van der Waals surface area contributed by atoms with Gasteiger partial charge in [-0.05, 0) is 31.0 Å². The average molecular weight is 266 g/mol. The molecule has 0 bridgehead atoms. The number of nitrogens with two attached hydrogens (primary N) is 1. The number of nitrogens with zero attached hydrogens (tertiary/aromatic N) is 3. The smallest absolute Gasteiger partial charge is 0.138 e. The van der Waals surface area contributed by atoms with Crippen molar-refractivity contribution in [2.45, 2.75) is 32.4 Å². The molecule has 1 atom stereocenters. The second-order valence-electron chi connectivity index (χ2n) is 4.44. The summed E-state index contributed by atoms with van der Waals surface area (Å²) in [5.74, 6) is -0.385. The van der Waals surface area contributed by atoms with E-state index in [1.807, 2.05) is 6.92 Å². The summed E-state index contributed by atoms with van der Waals surface area (Å²) in [5.41, 5.74) is 6.54. The number of hydrogen-bond acceptors (Lipinski definition) is 3. The standard InChI is InChI=1S/C13H16F2N4/c1-2-19-13(17-8-18-19)7-12(16)5-9-3-10(14)6-11(15)4-9/h3-4,6,8,12H,2,5,7,16H2,1H3. The first-order chi connectivity index (χ1) is 9.08. The van der Waals surface area contributed by atoms with Crippen LogP contribution in [-0.4, -0.2) is 20.8 Å². The molecule has 1 heterocycles. The van der Waals surface area contributed by atoms with Gasteiger partial charge in [0.2, 0.25) is 0 Å². The van der Waals surface area contributed by atoms with Gasteiger partial charge in [0.15, 0.2) is 0 Å². The zero-order chi connectivity index (χ0) is 13.8. The summed E-state index contributed by atoms with van der Waals surface area (Å²) in [4.78, 5) is 4.13. The Kier molecular flexibility index (Phi) is 4.21. The molecule has 6 heteroatoms. The second-order valence-corrected chi connectivity index (χ2v) is 4.44. The highest BCUT2D eigenvalue weighted by Gasteiger charge is 2.11. The van der Waals surface area contributed by atoms with E-state index in [1.165, 1.54) is 18.5 Å². The first-order valence-corrected chi connectivity index (χ1v) is 6.15. The van der Waals surface area contributed by atoms with Gasteiger partial charge < -0.3 is 5.73 Å². The van der Waals surface area contributed by atoms with Crippen LogP contribution in [-0.2, 0) is 19.4 Å². The molecule has 4 nitrogen and oxygen atoms in total. The van der Waals surface area contributed by atoms with Crippen LogP contribution in [0.4, 0.5) is 8.78 Å². The van der Waals surface area contributed by atoms with Gasteiger partial charge in [-0.15, -0.1) is 0 Å². The Morgan fingerprint density at radius 2 is 1.89 bits per heavy atom. The van der Waals surface area contributed by atoms with Gasteiger partial charge >= 0.3 is 0 Å². The third-order valence-corrected chi connectivity index (χ3v) is 2.86. The molecule has 0 aliphatic carbocycles. The zero-order valence-electron chi connectivity index (χ0n) is 10.7. The Labute approximate surface area is 110 Å². The minimum atomic E-state index is -0.584. The largest absolute Gasteiger partial charge is 0.327 e. The van der Waals surface area contributed by atoms with Crippen molar-refractivity contribution in [3.05, 3.63) is 47.5 Å². The fourth-order valence-corrected chi connectivity index (χ4v) is 2.05. The molecule has 2 rings (SSSR count). The Hall–Kier alpha value is -1.82. The van der Waals surface area contributed by atoms with Gasteiger partial charge in [-0.2, -0.15) is 5.10 Å². The van der Waals surface area contributed by atoms with Crippen molar-refractivity contribution in [3.8, 4) is 0 Å². The van der Waals surface area contributed by atoms with Crippen LogP contribution in [0.15, 0.2) is 24.5 Å². The van der Waals surface area contributed by atoms with E-state index in [1.54, 1.807) is 4.68 Å². The lowest BCUT2D eigenvalue weighted by Crippen LogP contribution is -2.27. The highest BCUT2D eigenvalue weighted by atomic mass is 19.1. The molecule has 2 N–H and O–H groups in total. The molecule has 0 aliphatic rings. The van der Waals surface area contributed by atoms with Crippen LogP contribution in [0.3, 0.4) is 0 Å². The molecular formula is C13H16F2N4. The summed E-state index contributed by atoms with van der Waals surface area (Å²) >= 11 is 0. The quantitative estimate of drug-likeness (QED) is 0.896. The van der Waals surface area contributed by atoms with Crippen molar-refractivity contribution in [1.82, 2.24) is 14.8 Å². The van der Waals surface area contributed by atoms with Crippen LogP contribution in [0.5, 0.6) is 0 Å². The Morgan fingerprint density at radius 3 is 2.53 bits per heavy atom. The summed E-state index contributed by atoms with van der Waals surface area (Å²) in [6.07, 6.45) is 2.39. The molecule has 0 saturated carbocycles. The van der Waals surface area contributed by atoms with Gasteiger partial charge in [-0.25, -0.2) is 13.8 Å². The molecule has 19 heavy (non-hydrogen) atoms. The van der Waals surface area contributed by atoms with Crippen molar-refractivity contribution < 1.29 is 8.78 Å². The van der Waals surface area contributed by atoms with Crippen molar-refractivity contribution in [2.75, 3.05) is 0 Å². The Morgan fingerprint density at radius 1 is 1.21 bits per heavy atom. The highest BCUT2D eigenvalue weighted by molar-refractivity contribution is 5.19. The first-order valence-electron chi connectivity index (χ1n) is 6.15. The SMILES string of the molecule is CCn1ncnc1CC(N)Cc1cc(F)cc(F)c1. The summed E-state index contributed by atoms with van der Waals surface area (Å²) in [7, 11) is 0. The summed E-state index contributed by atoms with van der Waals surface area (Å²) in [6.45, 7) is 2.68. The number of aromatic nitrogens is 3. The second kappa shape index (κ2) is 5.88. The molecule has 0 fully saturated rings. The predicted octanol–water partition coefficient (Wildman–Crippen LogP) is 1.69. The summed E-state index contributed by atoms with van der Waals surface area (Å²) in [6, 6.07) is 3.19. The minimum Gasteiger partial charge on any atom is -0.327 e. The van der Waals surface area contributed by atoms with E-state index < -0.39 is 11.6 Å². The van der Waals surface area contributed by atoms with E-state index >= 15 is 0 Å². The number of rotatable bonds is 5. The van der Waals surface area contributed by atoms with E-state index in [4.69, 9.17) is 5.73 Å². The number of halogens is 2. The number of aryl methyl sites for hydroxylation is 1. The van der Waals surface area contributed by atoms with Gasteiger partial charge in [0, 0.05) is 25.1 Å². The maximum atomic E-state index is 13.1. The average Bonchev–Trinajstić information content (AvgIpc) is 2.74. The van der Waals surface area contributed by atoms with Gasteiger partial charge in [0.25, 0.3) is 0 Å². The van der Waals surface area contributed by atoms with Crippen molar-refractivity contribution in [2.24, 2.45) is 5.73 Å². The van der Waals surface area contributed by atoms with Crippen molar-refractivity contribution in [3.63, 3.8) is 0 Å². The fraction of sp³-hybridized carbons (Fsp3) is 0.385. The molecule has 102 valence electrons. The number of benzene rings is 1. The lowest BCUT2D eigenvalue weighted by Gasteiger charge is -2.12. The third kappa shape index (κ3) is 3.57. The molecule has 1 aromatic carbocycles. The lowest BCUT2D eigenvalue weighted by atomic mass is 10.0. The van der Waals surface area contributed by atoms with Gasteiger partial charge in [0.1, 0.15) is 23.8 Å². The molecular weight excluding hydrogens is 250 g/mol.